The maximum Gasteiger partial charge on any atom is 0.235 e. The summed E-state index contributed by atoms with van der Waals surface area (Å²) < 4.78 is 35.6. The summed E-state index contributed by atoms with van der Waals surface area (Å²) in [5.41, 5.74) is 0.578. The molecule has 1 fully saturated rings. The van der Waals surface area contributed by atoms with Gasteiger partial charge in [-0.3, -0.25) is 4.79 Å². The summed E-state index contributed by atoms with van der Waals surface area (Å²) in [6, 6.07) is 4.94. The fourth-order valence-electron chi connectivity index (χ4n) is 3.12. The SMILES string of the molecule is COc1ccc(OC)c(-n2nnnc2SC(C)C(=O)N(C)C2CCS(=O)(=O)C2)c1. The number of benzene rings is 1. The van der Waals surface area contributed by atoms with Crippen molar-refractivity contribution in [3.63, 3.8) is 0 Å². The van der Waals surface area contributed by atoms with E-state index in [1.807, 2.05) is 0 Å². The highest BCUT2D eigenvalue weighted by Gasteiger charge is 2.34. The Kier molecular flexibility index (Phi) is 6.32. The van der Waals surface area contributed by atoms with Crippen molar-refractivity contribution in [3.8, 4) is 17.2 Å². The van der Waals surface area contributed by atoms with E-state index in [0.717, 1.165) is 0 Å². The van der Waals surface area contributed by atoms with Gasteiger partial charge in [0.1, 0.15) is 17.2 Å². The lowest BCUT2D eigenvalue weighted by Crippen LogP contribution is -2.41. The van der Waals surface area contributed by atoms with E-state index in [-0.39, 0.29) is 23.5 Å². The lowest BCUT2D eigenvalue weighted by atomic mass is 10.2. The minimum Gasteiger partial charge on any atom is -0.497 e. The number of tetrazole rings is 1. The van der Waals surface area contributed by atoms with Crippen molar-refractivity contribution >= 4 is 27.5 Å². The third kappa shape index (κ3) is 4.64. The van der Waals surface area contributed by atoms with Gasteiger partial charge in [0.15, 0.2) is 9.84 Å². The Bertz CT molecular complexity index is 994. The van der Waals surface area contributed by atoms with Crippen LogP contribution in [0.25, 0.3) is 5.69 Å². The molecule has 12 heteroatoms. The Labute approximate surface area is 173 Å². The molecule has 2 aromatic rings. The van der Waals surface area contributed by atoms with Gasteiger partial charge in [-0.05, 0) is 35.9 Å². The number of methoxy groups -OCH3 is 2. The zero-order valence-corrected chi connectivity index (χ0v) is 18.2. The van der Waals surface area contributed by atoms with E-state index in [4.69, 9.17) is 9.47 Å². The predicted octanol–water partition coefficient (Wildman–Crippen LogP) is 0.806. The molecule has 2 unspecified atom stereocenters. The molecule has 1 aromatic carbocycles. The topological polar surface area (TPSA) is 117 Å². The molecule has 1 aliphatic heterocycles. The molecule has 1 amide bonds. The van der Waals surface area contributed by atoms with Gasteiger partial charge < -0.3 is 14.4 Å². The van der Waals surface area contributed by atoms with Crippen LogP contribution in [0.3, 0.4) is 0 Å². The number of thioether (sulfide) groups is 1. The second-order valence-corrected chi connectivity index (χ2v) is 10.2. The number of rotatable bonds is 7. The molecule has 1 saturated heterocycles. The summed E-state index contributed by atoms with van der Waals surface area (Å²) in [4.78, 5) is 14.3. The number of aromatic nitrogens is 4. The van der Waals surface area contributed by atoms with E-state index in [0.29, 0.717) is 28.8 Å². The first-order chi connectivity index (χ1) is 13.8. The first kappa shape index (κ1) is 21.4. The first-order valence-electron chi connectivity index (χ1n) is 8.90. The zero-order chi connectivity index (χ0) is 21.2. The van der Waals surface area contributed by atoms with Gasteiger partial charge in [0.2, 0.25) is 11.1 Å². The van der Waals surface area contributed by atoms with Crippen molar-refractivity contribution in [2.24, 2.45) is 0 Å². The molecule has 10 nitrogen and oxygen atoms in total. The lowest BCUT2D eigenvalue weighted by Gasteiger charge is -2.26. The summed E-state index contributed by atoms with van der Waals surface area (Å²) in [6.45, 7) is 1.74. The molecule has 0 aliphatic carbocycles. The van der Waals surface area contributed by atoms with Gasteiger partial charge >= 0.3 is 0 Å². The molecule has 158 valence electrons. The normalized spacial score (nSPS) is 19.0. The van der Waals surface area contributed by atoms with Crippen LogP contribution in [0.5, 0.6) is 11.5 Å². The minimum absolute atomic E-state index is 0.00533. The van der Waals surface area contributed by atoms with Gasteiger partial charge in [-0.25, -0.2) is 8.42 Å². The molecule has 2 atom stereocenters. The molecule has 0 saturated carbocycles. The fraction of sp³-hybridized carbons (Fsp3) is 0.529. The van der Waals surface area contributed by atoms with Gasteiger partial charge in [0, 0.05) is 19.2 Å². The summed E-state index contributed by atoms with van der Waals surface area (Å²) in [5.74, 6) is 1.10. The third-order valence-electron chi connectivity index (χ3n) is 4.79. The van der Waals surface area contributed by atoms with Crippen LogP contribution in [-0.2, 0) is 14.6 Å². The number of carbonyl (C=O) groups excluding carboxylic acids is 1. The van der Waals surface area contributed by atoms with Gasteiger partial charge in [-0.15, -0.1) is 5.10 Å². The van der Waals surface area contributed by atoms with Crippen molar-refractivity contribution in [1.29, 1.82) is 0 Å². The first-order valence-corrected chi connectivity index (χ1v) is 11.6. The number of hydrogen-bond acceptors (Lipinski definition) is 9. The van der Waals surface area contributed by atoms with Crippen molar-refractivity contribution in [3.05, 3.63) is 18.2 Å². The molecular formula is C17H23N5O5S2. The van der Waals surface area contributed by atoms with Crippen LogP contribution in [-0.4, -0.2) is 83.5 Å². The van der Waals surface area contributed by atoms with Crippen molar-refractivity contribution in [2.75, 3.05) is 32.8 Å². The summed E-state index contributed by atoms with van der Waals surface area (Å²) in [5, 5.41) is 11.7. The highest BCUT2D eigenvalue weighted by atomic mass is 32.2. The maximum atomic E-state index is 12.8. The van der Waals surface area contributed by atoms with E-state index in [1.54, 1.807) is 46.4 Å². The predicted molar refractivity (Wildman–Crippen MR) is 107 cm³/mol. The molecule has 3 rings (SSSR count). The van der Waals surface area contributed by atoms with Crippen molar-refractivity contribution in [2.45, 2.75) is 29.8 Å². The van der Waals surface area contributed by atoms with Crippen LogP contribution in [0.1, 0.15) is 13.3 Å². The summed E-state index contributed by atoms with van der Waals surface area (Å²) in [6.07, 6.45) is 0.459. The Morgan fingerprint density at radius 2 is 2.10 bits per heavy atom. The van der Waals surface area contributed by atoms with E-state index in [9.17, 15) is 13.2 Å². The Hall–Kier alpha value is -2.34. The molecule has 2 heterocycles. The summed E-state index contributed by atoms with van der Waals surface area (Å²) >= 11 is 1.19. The van der Waals surface area contributed by atoms with Crippen LogP contribution in [0.2, 0.25) is 0 Å². The number of nitrogens with zero attached hydrogens (tertiary/aromatic N) is 5. The van der Waals surface area contributed by atoms with E-state index in [1.165, 1.54) is 21.3 Å². The average Bonchev–Trinajstić information content (AvgIpc) is 3.31. The van der Waals surface area contributed by atoms with Crippen LogP contribution in [0, 0.1) is 0 Å². The second-order valence-electron chi connectivity index (χ2n) is 6.68. The van der Waals surface area contributed by atoms with Crippen LogP contribution >= 0.6 is 11.8 Å². The van der Waals surface area contributed by atoms with Gasteiger partial charge in [-0.1, -0.05) is 11.8 Å². The smallest absolute Gasteiger partial charge is 0.235 e. The second kappa shape index (κ2) is 8.57. The van der Waals surface area contributed by atoms with Crippen molar-refractivity contribution < 1.29 is 22.7 Å². The number of amides is 1. The molecule has 0 bridgehead atoms. The maximum absolute atomic E-state index is 12.8. The Balaban J connectivity index is 1.79. The van der Waals surface area contributed by atoms with E-state index in [2.05, 4.69) is 15.5 Å². The van der Waals surface area contributed by atoms with Crippen LogP contribution in [0.4, 0.5) is 0 Å². The fourth-order valence-corrected chi connectivity index (χ4v) is 5.80. The van der Waals surface area contributed by atoms with Gasteiger partial charge in [-0.2, -0.15) is 4.68 Å². The minimum atomic E-state index is -3.07. The summed E-state index contributed by atoms with van der Waals surface area (Å²) in [7, 11) is 1.67. The van der Waals surface area contributed by atoms with Crippen LogP contribution in [0.15, 0.2) is 23.4 Å². The number of hydrogen-bond donors (Lipinski definition) is 0. The number of sulfone groups is 1. The van der Waals surface area contributed by atoms with Crippen LogP contribution < -0.4 is 9.47 Å². The zero-order valence-electron chi connectivity index (χ0n) is 16.6. The third-order valence-corrected chi connectivity index (χ3v) is 7.56. The van der Waals surface area contributed by atoms with Gasteiger partial charge in [0.05, 0.1) is 31.0 Å². The molecule has 1 aromatic heterocycles. The highest BCUT2D eigenvalue weighted by Crippen LogP contribution is 2.31. The Morgan fingerprint density at radius 3 is 2.72 bits per heavy atom. The number of carbonyl (C=O) groups is 1. The van der Waals surface area contributed by atoms with E-state index >= 15 is 0 Å². The molecule has 0 spiro atoms. The van der Waals surface area contributed by atoms with E-state index < -0.39 is 15.1 Å². The molecule has 29 heavy (non-hydrogen) atoms. The molecule has 0 radical (unpaired) electrons. The van der Waals surface area contributed by atoms with Gasteiger partial charge in [0.25, 0.3) is 0 Å². The average molecular weight is 442 g/mol. The largest absolute Gasteiger partial charge is 0.497 e. The standard InChI is InChI=1S/C17H23N5O5S2/c1-11(16(23)21(2)12-7-8-29(24,25)10-12)28-17-18-19-20-22(17)14-9-13(26-3)5-6-15(14)27-4/h5-6,9,11-12H,7-8,10H2,1-4H3. The lowest BCUT2D eigenvalue weighted by molar-refractivity contribution is -0.130. The highest BCUT2D eigenvalue weighted by molar-refractivity contribution is 8.00. The number of ether oxygens (including phenoxy) is 2. The molecule has 0 N–H and O–H groups in total. The van der Waals surface area contributed by atoms with Crippen molar-refractivity contribution in [1.82, 2.24) is 25.1 Å². The Morgan fingerprint density at radius 1 is 1.34 bits per heavy atom. The molecular weight excluding hydrogens is 418 g/mol. The monoisotopic (exact) mass is 441 g/mol. The molecule has 1 aliphatic rings. The quantitative estimate of drug-likeness (QED) is 0.575.